The van der Waals surface area contributed by atoms with Crippen LogP contribution in [0.4, 0.5) is 0 Å². The van der Waals surface area contributed by atoms with E-state index in [2.05, 4.69) is 87.5 Å². The molecule has 2 aromatic carbocycles. The van der Waals surface area contributed by atoms with Gasteiger partial charge in [-0.3, -0.25) is 0 Å². The van der Waals surface area contributed by atoms with Crippen molar-refractivity contribution in [3.8, 4) is 0 Å². The van der Waals surface area contributed by atoms with E-state index in [1.54, 1.807) is 18.2 Å². The molecule has 2 rings (SSSR count). The van der Waals surface area contributed by atoms with Crippen molar-refractivity contribution in [2.24, 2.45) is 0 Å². The molecule has 0 saturated carbocycles. The van der Waals surface area contributed by atoms with E-state index in [0.29, 0.717) is 0 Å². The first-order chi connectivity index (χ1) is 15.2. The Morgan fingerprint density at radius 2 is 1.26 bits per heavy atom. The van der Waals surface area contributed by atoms with Crippen LogP contribution in [0.3, 0.4) is 0 Å². The molecule has 0 heterocycles. The molecule has 0 aromatic heterocycles. The molecule has 0 aliphatic rings. The zero-order valence-electron chi connectivity index (χ0n) is 20.2. The second-order valence-corrected chi connectivity index (χ2v) is 24.3. The normalized spacial score (nSPS) is 12.3. The fourth-order valence-corrected chi connectivity index (χ4v) is 21.1. The van der Waals surface area contributed by atoms with Crippen molar-refractivity contribution in [3.63, 3.8) is 0 Å². The Kier molecular flexibility index (Phi) is 13.7. The molecule has 2 aromatic rings. The van der Waals surface area contributed by atoms with Crippen LogP contribution in [0.25, 0.3) is 0 Å². The average molecular weight is 543 g/mol. The average Bonchev–Trinajstić information content (AvgIpc) is 2.82. The number of aryl methyl sites for hydroxylation is 1. The van der Waals surface area contributed by atoms with Gasteiger partial charge in [-0.05, 0) is 0 Å². The van der Waals surface area contributed by atoms with Crippen LogP contribution < -0.4 is 0 Å². The van der Waals surface area contributed by atoms with Crippen molar-refractivity contribution < 1.29 is 0 Å². The molecular formula is C29H44SSn. The summed E-state index contributed by atoms with van der Waals surface area (Å²) in [5.41, 5.74) is 1.46. The standard InChI is InChI=1S/C17H17S.3C4H9.Sn/c1-2-16(18-17-11-7-4-8-12-17)14-13-15-9-5-3-6-10-15;3*1-3-4-2;/h2-12H,1,13-14H2;3*1,3-4H2,2H3;/b16-2+;;;;. The van der Waals surface area contributed by atoms with Crippen molar-refractivity contribution in [3.05, 3.63) is 77.2 Å². The third-order valence-electron chi connectivity index (χ3n) is 6.44. The zero-order valence-corrected chi connectivity index (χ0v) is 23.9. The summed E-state index contributed by atoms with van der Waals surface area (Å²) in [5.74, 6) is 0. The molecule has 0 aliphatic carbocycles. The van der Waals surface area contributed by atoms with Gasteiger partial charge in [-0.15, -0.1) is 0 Å². The molecule has 0 nitrogen and oxygen atoms in total. The Morgan fingerprint density at radius 3 is 1.77 bits per heavy atom. The number of benzene rings is 2. The van der Waals surface area contributed by atoms with E-state index >= 15 is 0 Å². The van der Waals surface area contributed by atoms with Crippen LogP contribution in [-0.4, -0.2) is 18.4 Å². The Hall–Kier alpha value is -0.671. The van der Waals surface area contributed by atoms with Gasteiger partial charge in [-0.1, -0.05) is 0 Å². The predicted octanol–water partition coefficient (Wildman–Crippen LogP) is 10.1. The molecule has 0 saturated heterocycles. The van der Waals surface area contributed by atoms with Crippen LogP contribution in [0.2, 0.25) is 17.7 Å². The summed E-state index contributed by atoms with van der Waals surface area (Å²) in [6.07, 6.45) is 13.5. The summed E-state index contributed by atoms with van der Waals surface area (Å²) in [5, 5.41) is 0. The number of thioether (sulfide) groups is 1. The van der Waals surface area contributed by atoms with E-state index < -0.39 is 18.4 Å². The molecule has 0 amide bonds. The number of unbranched alkanes of at least 4 members (excludes halogenated alkanes) is 3. The Bertz CT molecular complexity index is 701. The number of rotatable bonds is 16. The van der Waals surface area contributed by atoms with Crippen LogP contribution in [0.5, 0.6) is 0 Å². The van der Waals surface area contributed by atoms with Gasteiger partial charge >= 0.3 is 202 Å². The Balaban J connectivity index is 2.20. The molecule has 0 spiro atoms. The molecule has 0 aliphatic heterocycles. The van der Waals surface area contributed by atoms with Gasteiger partial charge in [0.05, 0.1) is 0 Å². The van der Waals surface area contributed by atoms with Gasteiger partial charge in [-0.2, -0.15) is 0 Å². The van der Waals surface area contributed by atoms with E-state index in [9.17, 15) is 0 Å². The van der Waals surface area contributed by atoms with Crippen LogP contribution in [0.1, 0.15) is 71.3 Å². The summed E-state index contributed by atoms with van der Waals surface area (Å²) in [7, 11) is 0. The molecule has 0 bridgehead atoms. The first-order valence-corrected chi connectivity index (χ1v) is 21.6. The molecule has 0 fully saturated rings. The van der Waals surface area contributed by atoms with Gasteiger partial charge in [0, 0.05) is 0 Å². The zero-order chi connectivity index (χ0) is 22.2. The molecule has 31 heavy (non-hydrogen) atoms. The van der Waals surface area contributed by atoms with Crippen molar-refractivity contribution in [2.75, 3.05) is 0 Å². The van der Waals surface area contributed by atoms with Gasteiger partial charge in [0.1, 0.15) is 0 Å². The predicted molar refractivity (Wildman–Crippen MR) is 145 cm³/mol. The summed E-state index contributed by atoms with van der Waals surface area (Å²) in [6.45, 7) is 7.13. The third-order valence-corrected chi connectivity index (χ3v) is 22.7. The minimum absolute atomic E-state index is 1.15. The van der Waals surface area contributed by atoms with E-state index in [0.717, 1.165) is 6.42 Å². The van der Waals surface area contributed by atoms with Crippen molar-refractivity contribution in [1.29, 1.82) is 0 Å². The molecule has 0 radical (unpaired) electrons. The van der Waals surface area contributed by atoms with Gasteiger partial charge in [0.2, 0.25) is 0 Å². The minimum atomic E-state index is -2.12. The third kappa shape index (κ3) is 10.7. The molecule has 0 atom stereocenters. The molecule has 170 valence electrons. The quantitative estimate of drug-likeness (QED) is 0.150. The Morgan fingerprint density at radius 1 is 0.742 bits per heavy atom. The van der Waals surface area contributed by atoms with Crippen LogP contribution in [0, 0.1) is 0 Å². The van der Waals surface area contributed by atoms with Gasteiger partial charge in [-0.25, -0.2) is 0 Å². The van der Waals surface area contributed by atoms with E-state index in [1.807, 2.05) is 11.8 Å². The monoisotopic (exact) mass is 544 g/mol. The van der Waals surface area contributed by atoms with Crippen molar-refractivity contribution >= 4 is 30.1 Å². The first kappa shape index (κ1) is 26.6. The van der Waals surface area contributed by atoms with E-state index in [-0.39, 0.29) is 0 Å². The fraction of sp³-hybridized carbons (Fsp3) is 0.517. The summed E-state index contributed by atoms with van der Waals surface area (Å²) >= 11 is -0.109. The maximum absolute atomic E-state index is 2.72. The van der Waals surface area contributed by atoms with Gasteiger partial charge in [0.15, 0.2) is 0 Å². The molecule has 0 N–H and O–H groups in total. The van der Waals surface area contributed by atoms with Crippen LogP contribution in [0.15, 0.2) is 76.5 Å². The number of hydrogen-bond acceptors (Lipinski definition) is 1. The second-order valence-electron chi connectivity index (χ2n) is 9.09. The summed E-state index contributed by atoms with van der Waals surface area (Å²) in [6, 6.07) is 22.0. The molecular weight excluding hydrogens is 499 g/mol. The number of allylic oxidation sites excluding steroid dienone is 2. The summed E-state index contributed by atoms with van der Waals surface area (Å²) < 4.78 is 6.26. The SMILES string of the molecule is CCC[CH2][Sn]([CH2]/C=C(\CCc1ccccc1)Sc1ccccc1)([CH2]CCC)[CH2]CCC. The summed E-state index contributed by atoms with van der Waals surface area (Å²) in [4.78, 5) is 2.99. The first-order valence-electron chi connectivity index (χ1n) is 12.7. The van der Waals surface area contributed by atoms with Crippen molar-refractivity contribution in [2.45, 2.75) is 94.8 Å². The van der Waals surface area contributed by atoms with E-state index in [4.69, 9.17) is 0 Å². The van der Waals surface area contributed by atoms with E-state index in [1.165, 1.54) is 59.8 Å². The van der Waals surface area contributed by atoms with Crippen LogP contribution in [-0.2, 0) is 6.42 Å². The molecule has 0 unspecified atom stereocenters. The second kappa shape index (κ2) is 16.0. The van der Waals surface area contributed by atoms with Crippen molar-refractivity contribution in [1.82, 2.24) is 0 Å². The van der Waals surface area contributed by atoms with Gasteiger partial charge < -0.3 is 0 Å². The Labute approximate surface area is 201 Å². The van der Waals surface area contributed by atoms with Gasteiger partial charge in [0.25, 0.3) is 0 Å². The van der Waals surface area contributed by atoms with Crippen LogP contribution >= 0.6 is 11.8 Å². The maximum atomic E-state index is 2.72. The topological polar surface area (TPSA) is 0 Å². The molecule has 2 heteroatoms. The number of hydrogen-bond donors (Lipinski definition) is 0. The fourth-order valence-electron chi connectivity index (χ4n) is 4.41.